The van der Waals surface area contributed by atoms with Crippen LogP contribution in [-0.4, -0.2) is 24.8 Å². The zero-order valence-electron chi connectivity index (χ0n) is 16.5. The highest BCUT2D eigenvalue weighted by Gasteiger charge is 2.27. The Morgan fingerprint density at radius 3 is 2.52 bits per heavy atom. The number of ether oxygens (including phenoxy) is 1. The van der Waals surface area contributed by atoms with Crippen molar-refractivity contribution in [2.45, 2.75) is 18.0 Å². The molecule has 4 rings (SSSR count). The molecule has 0 amide bonds. The molecule has 2 aromatic carbocycles. The molecule has 0 aliphatic carbocycles. The van der Waals surface area contributed by atoms with Crippen molar-refractivity contribution in [3.05, 3.63) is 93.1 Å². The first kappa shape index (κ1) is 21.4. The number of benzene rings is 2. The van der Waals surface area contributed by atoms with Crippen molar-refractivity contribution in [1.29, 1.82) is 0 Å². The molecule has 0 bridgehead atoms. The Morgan fingerprint density at radius 1 is 1.06 bits per heavy atom. The summed E-state index contributed by atoms with van der Waals surface area (Å²) in [7, 11) is -2.34. The molecule has 0 saturated carbocycles. The van der Waals surface area contributed by atoms with Crippen molar-refractivity contribution >= 4 is 36.9 Å². The number of furan rings is 1. The summed E-state index contributed by atoms with van der Waals surface area (Å²) in [5.41, 5.74) is 0.572. The number of methoxy groups -OCH3 is 1. The van der Waals surface area contributed by atoms with E-state index in [0.717, 1.165) is 9.86 Å². The van der Waals surface area contributed by atoms with Gasteiger partial charge in [0.15, 0.2) is 0 Å². The molecular formula is C22H19BrN2O5S. The molecule has 0 spiro atoms. The number of sulfonamides is 1. The van der Waals surface area contributed by atoms with Gasteiger partial charge in [-0.2, -0.15) is 4.31 Å². The molecule has 0 saturated heterocycles. The van der Waals surface area contributed by atoms with Crippen molar-refractivity contribution < 1.29 is 17.6 Å². The molecule has 4 aromatic rings. The number of aromatic amines is 1. The second-order valence-corrected chi connectivity index (χ2v) is 9.74. The molecule has 0 aliphatic rings. The van der Waals surface area contributed by atoms with Gasteiger partial charge in [0, 0.05) is 22.6 Å². The van der Waals surface area contributed by atoms with Gasteiger partial charge in [-0.1, -0.05) is 15.9 Å². The fourth-order valence-electron chi connectivity index (χ4n) is 3.22. The number of hydrogen-bond acceptors (Lipinski definition) is 5. The summed E-state index contributed by atoms with van der Waals surface area (Å²) in [6, 6.07) is 16.8. The summed E-state index contributed by atoms with van der Waals surface area (Å²) in [5, 5.41) is 0.773. The Bertz CT molecular complexity index is 1360. The van der Waals surface area contributed by atoms with Crippen molar-refractivity contribution in [3.8, 4) is 5.75 Å². The Labute approximate surface area is 187 Å². The third kappa shape index (κ3) is 4.58. The van der Waals surface area contributed by atoms with E-state index in [4.69, 9.17) is 9.15 Å². The lowest BCUT2D eigenvalue weighted by Crippen LogP contribution is -2.32. The van der Waals surface area contributed by atoms with Gasteiger partial charge in [-0.15, -0.1) is 0 Å². The normalized spacial score (nSPS) is 11.8. The highest BCUT2D eigenvalue weighted by Crippen LogP contribution is 2.24. The van der Waals surface area contributed by atoms with Crippen molar-refractivity contribution in [3.63, 3.8) is 0 Å². The molecule has 0 atom stereocenters. The fourth-order valence-corrected chi connectivity index (χ4v) is 4.87. The smallest absolute Gasteiger partial charge is 0.252 e. The van der Waals surface area contributed by atoms with Crippen LogP contribution < -0.4 is 10.3 Å². The largest absolute Gasteiger partial charge is 0.497 e. The Hall–Kier alpha value is -2.88. The van der Waals surface area contributed by atoms with Gasteiger partial charge in [0.2, 0.25) is 10.0 Å². The molecule has 0 unspecified atom stereocenters. The van der Waals surface area contributed by atoms with E-state index in [-0.39, 0.29) is 23.5 Å². The van der Waals surface area contributed by atoms with E-state index in [2.05, 4.69) is 20.9 Å². The maximum absolute atomic E-state index is 13.4. The highest BCUT2D eigenvalue weighted by atomic mass is 79.9. The number of H-pyrrole nitrogens is 1. The van der Waals surface area contributed by atoms with Gasteiger partial charge in [-0.05, 0) is 60.0 Å². The van der Waals surface area contributed by atoms with Crippen LogP contribution in [0.25, 0.3) is 10.9 Å². The number of nitrogens with one attached hydrogen (secondary N) is 1. The third-order valence-corrected chi connectivity index (χ3v) is 7.18. The van der Waals surface area contributed by atoms with Crippen LogP contribution in [0.4, 0.5) is 0 Å². The molecule has 2 aromatic heterocycles. The number of nitrogens with zero attached hydrogens (tertiary/aromatic N) is 1. The SMILES string of the molecule is COc1ccc2cc(CN(Cc3ccco3)S(=O)(=O)c3ccc(Br)cc3)c(=O)[nH]c2c1. The minimum atomic E-state index is -3.89. The number of aromatic nitrogens is 1. The summed E-state index contributed by atoms with van der Waals surface area (Å²) in [4.78, 5) is 15.7. The number of fused-ring (bicyclic) bond motifs is 1. The van der Waals surface area contributed by atoms with Gasteiger partial charge in [0.25, 0.3) is 5.56 Å². The minimum Gasteiger partial charge on any atom is -0.497 e. The second-order valence-electron chi connectivity index (χ2n) is 6.88. The molecular weight excluding hydrogens is 484 g/mol. The predicted octanol–water partition coefficient (Wildman–Crippen LogP) is 4.28. The standard InChI is InChI=1S/C22H19BrN2O5S/c1-29-18-7-4-15-11-16(22(26)24-21(15)12-18)13-25(14-19-3-2-10-30-19)31(27,28)20-8-5-17(23)6-9-20/h2-12H,13-14H2,1H3,(H,24,26). The topological polar surface area (TPSA) is 92.6 Å². The number of hydrogen-bond donors (Lipinski definition) is 1. The van der Waals surface area contributed by atoms with E-state index in [1.54, 1.807) is 49.6 Å². The third-order valence-electron chi connectivity index (χ3n) is 4.84. The Kier molecular flexibility index (Phi) is 5.99. The fraction of sp³-hybridized carbons (Fsp3) is 0.136. The first-order valence-electron chi connectivity index (χ1n) is 9.35. The lowest BCUT2D eigenvalue weighted by molar-refractivity contribution is 0.357. The van der Waals surface area contributed by atoms with Gasteiger partial charge < -0.3 is 14.1 Å². The molecule has 31 heavy (non-hydrogen) atoms. The summed E-state index contributed by atoms with van der Waals surface area (Å²) >= 11 is 3.32. The van der Waals surface area contributed by atoms with Gasteiger partial charge in [0.05, 0.1) is 30.3 Å². The average Bonchev–Trinajstić information content (AvgIpc) is 3.27. The first-order chi connectivity index (χ1) is 14.9. The maximum Gasteiger partial charge on any atom is 0.252 e. The van der Waals surface area contributed by atoms with E-state index in [0.29, 0.717) is 22.6 Å². The van der Waals surface area contributed by atoms with Crippen LogP contribution >= 0.6 is 15.9 Å². The van der Waals surface area contributed by atoms with E-state index in [1.807, 2.05) is 6.07 Å². The van der Waals surface area contributed by atoms with Crippen molar-refractivity contribution in [2.24, 2.45) is 0 Å². The van der Waals surface area contributed by atoms with Gasteiger partial charge >= 0.3 is 0 Å². The van der Waals surface area contributed by atoms with Gasteiger partial charge in [-0.3, -0.25) is 4.79 Å². The molecule has 2 heterocycles. The van der Waals surface area contributed by atoms with Crippen LogP contribution in [0.15, 0.2) is 85.5 Å². The first-order valence-corrected chi connectivity index (χ1v) is 11.6. The number of pyridine rings is 1. The van der Waals surface area contributed by atoms with Crippen LogP contribution in [0.5, 0.6) is 5.75 Å². The molecule has 1 N–H and O–H groups in total. The Balaban J connectivity index is 1.75. The molecule has 160 valence electrons. The maximum atomic E-state index is 13.4. The Morgan fingerprint density at radius 2 is 1.84 bits per heavy atom. The van der Waals surface area contributed by atoms with Crippen LogP contribution in [0.1, 0.15) is 11.3 Å². The van der Waals surface area contributed by atoms with E-state index in [9.17, 15) is 13.2 Å². The van der Waals surface area contributed by atoms with Crippen LogP contribution in [0.2, 0.25) is 0 Å². The number of halogens is 1. The monoisotopic (exact) mass is 502 g/mol. The van der Waals surface area contributed by atoms with E-state index >= 15 is 0 Å². The summed E-state index contributed by atoms with van der Waals surface area (Å²) in [5.74, 6) is 1.09. The van der Waals surface area contributed by atoms with E-state index in [1.165, 1.54) is 22.7 Å². The quantitative estimate of drug-likeness (QED) is 0.407. The second kappa shape index (κ2) is 8.70. The molecule has 0 radical (unpaired) electrons. The van der Waals surface area contributed by atoms with Crippen molar-refractivity contribution in [2.75, 3.05) is 7.11 Å². The minimum absolute atomic E-state index is 0.00845. The highest BCUT2D eigenvalue weighted by molar-refractivity contribution is 9.10. The van der Waals surface area contributed by atoms with Gasteiger partial charge in [0.1, 0.15) is 11.5 Å². The molecule has 7 nitrogen and oxygen atoms in total. The van der Waals surface area contributed by atoms with Gasteiger partial charge in [-0.25, -0.2) is 8.42 Å². The zero-order chi connectivity index (χ0) is 22.0. The summed E-state index contributed by atoms with van der Waals surface area (Å²) in [6.07, 6.45) is 1.48. The number of rotatable bonds is 7. The van der Waals surface area contributed by atoms with Crippen LogP contribution in [0, 0.1) is 0 Å². The zero-order valence-corrected chi connectivity index (χ0v) is 18.9. The molecule has 9 heteroatoms. The predicted molar refractivity (Wildman–Crippen MR) is 120 cm³/mol. The lowest BCUT2D eigenvalue weighted by Gasteiger charge is -2.21. The molecule has 0 fully saturated rings. The van der Waals surface area contributed by atoms with Crippen LogP contribution in [0.3, 0.4) is 0 Å². The van der Waals surface area contributed by atoms with Crippen molar-refractivity contribution in [1.82, 2.24) is 9.29 Å². The average molecular weight is 503 g/mol. The summed E-state index contributed by atoms with van der Waals surface area (Å²) in [6.45, 7) is -0.123. The van der Waals surface area contributed by atoms with Crippen LogP contribution in [-0.2, 0) is 23.1 Å². The lowest BCUT2D eigenvalue weighted by atomic mass is 10.1. The summed E-state index contributed by atoms with van der Waals surface area (Å²) < 4.78 is 39.3. The van der Waals surface area contributed by atoms with E-state index < -0.39 is 10.0 Å². The molecule has 0 aliphatic heterocycles.